The maximum absolute atomic E-state index is 10.8. The minimum atomic E-state index is 0.737. The molecule has 0 aliphatic carbocycles. The lowest BCUT2D eigenvalue weighted by molar-refractivity contribution is 0.360. The molecule has 0 bridgehead atoms. The Hall–Kier alpha value is -2.16. The lowest BCUT2D eigenvalue weighted by atomic mass is 9.89. The van der Waals surface area contributed by atoms with Crippen molar-refractivity contribution in [1.29, 1.82) is 0 Å². The summed E-state index contributed by atoms with van der Waals surface area (Å²) in [6.45, 7) is 11.1. The van der Waals surface area contributed by atoms with Crippen LogP contribution in [0.2, 0.25) is 0 Å². The molecule has 0 saturated heterocycles. The van der Waals surface area contributed by atoms with E-state index in [2.05, 4.69) is 52.8 Å². The third-order valence-electron chi connectivity index (χ3n) is 5.25. The molecule has 2 aromatic rings. The number of aliphatic imine (C=N–C) groups is 1. The maximum Gasteiger partial charge on any atom is 0.217 e. The highest BCUT2D eigenvalue weighted by atomic mass is 16.1. The summed E-state index contributed by atoms with van der Waals surface area (Å²) in [7, 11) is 0. The zero-order valence-electron chi connectivity index (χ0n) is 16.1. The second kappa shape index (κ2) is 8.80. The predicted molar refractivity (Wildman–Crippen MR) is 107 cm³/mol. The van der Waals surface area contributed by atoms with E-state index >= 15 is 0 Å². The highest BCUT2D eigenvalue weighted by Crippen LogP contribution is 2.27. The highest BCUT2D eigenvalue weighted by Gasteiger charge is 2.10. The van der Waals surface area contributed by atoms with Gasteiger partial charge in [0.25, 0.3) is 0 Å². The molecule has 1 heterocycles. The molecule has 0 aliphatic heterocycles. The van der Waals surface area contributed by atoms with Gasteiger partial charge in [0.15, 0.2) is 0 Å². The summed E-state index contributed by atoms with van der Waals surface area (Å²) in [6.07, 6.45) is 7.90. The zero-order valence-corrected chi connectivity index (χ0v) is 16.1. The van der Waals surface area contributed by atoms with Gasteiger partial charge in [0.1, 0.15) is 0 Å². The van der Waals surface area contributed by atoms with Gasteiger partial charge in [0.05, 0.1) is 5.69 Å². The minimum absolute atomic E-state index is 0.737. The van der Waals surface area contributed by atoms with E-state index in [-0.39, 0.29) is 0 Å². The Morgan fingerprint density at radius 2 is 1.96 bits per heavy atom. The van der Waals surface area contributed by atoms with E-state index in [9.17, 15) is 4.79 Å². The monoisotopic (exact) mass is 338 g/mol. The first-order valence-electron chi connectivity index (χ1n) is 9.22. The van der Waals surface area contributed by atoms with Gasteiger partial charge in [-0.15, -0.1) is 0 Å². The van der Waals surface area contributed by atoms with Crippen molar-refractivity contribution >= 4 is 17.8 Å². The molecule has 0 aliphatic rings. The van der Waals surface area contributed by atoms with Crippen LogP contribution in [0.25, 0.3) is 11.1 Å². The Morgan fingerprint density at radius 3 is 2.56 bits per heavy atom. The fourth-order valence-electron chi connectivity index (χ4n) is 2.99. The largest absolute Gasteiger partial charge is 0.297 e. The van der Waals surface area contributed by atoms with Crippen LogP contribution in [0, 0.1) is 18.8 Å². The van der Waals surface area contributed by atoms with E-state index in [1.165, 1.54) is 23.1 Å². The second-order valence-electron chi connectivity index (χ2n) is 7.20. The average Bonchev–Trinajstić information content (AvgIpc) is 3.09. The van der Waals surface area contributed by atoms with Crippen LogP contribution < -0.4 is 0 Å². The standard InChI is InChI=1S/C22H30N2O/c1-6-16(2)17(3)7-8-19(5)23-22-10-9-20(13-18(22)4)21-11-12-24(14-21)15-25/h9-17H,6-8H2,1-5H3/b23-19+. The first kappa shape index (κ1) is 19.2. The molecule has 3 heteroatoms. The summed E-state index contributed by atoms with van der Waals surface area (Å²) in [5.74, 6) is 1.51. The second-order valence-corrected chi connectivity index (χ2v) is 7.20. The van der Waals surface area contributed by atoms with Crippen LogP contribution in [0.3, 0.4) is 0 Å². The number of aromatic nitrogens is 1. The van der Waals surface area contributed by atoms with E-state index in [0.29, 0.717) is 0 Å². The number of hydrogen-bond acceptors (Lipinski definition) is 2. The first-order valence-corrected chi connectivity index (χ1v) is 9.22. The molecule has 2 rings (SSSR count). The van der Waals surface area contributed by atoms with Gasteiger partial charge in [-0.1, -0.05) is 33.3 Å². The van der Waals surface area contributed by atoms with Gasteiger partial charge in [-0.05, 0) is 73.4 Å². The predicted octanol–water partition coefficient (Wildman–Crippen LogP) is 6.06. The smallest absolute Gasteiger partial charge is 0.217 e. The highest BCUT2D eigenvalue weighted by molar-refractivity contribution is 5.85. The molecule has 3 nitrogen and oxygen atoms in total. The van der Waals surface area contributed by atoms with Crippen LogP contribution in [0.15, 0.2) is 41.7 Å². The summed E-state index contributed by atoms with van der Waals surface area (Å²) < 4.78 is 1.53. The van der Waals surface area contributed by atoms with Gasteiger partial charge in [0.2, 0.25) is 6.41 Å². The third kappa shape index (κ3) is 5.15. The summed E-state index contributed by atoms with van der Waals surface area (Å²) in [5.41, 5.74) is 5.54. The van der Waals surface area contributed by atoms with Gasteiger partial charge in [-0.25, -0.2) is 0 Å². The van der Waals surface area contributed by atoms with Gasteiger partial charge in [-0.3, -0.25) is 14.4 Å². The van der Waals surface area contributed by atoms with E-state index in [0.717, 1.165) is 47.0 Å². The fourth-order valence-corrected chi connectivity index (χ4v) is 2.99. The number of nitrogens with zero attached hydrogens (tertiary/aromatic N) is 2. The Morgan fingerprint density at radius 1 is 1.20 bits per heavy atom. The van der Waals surface area contributed by atoms with E-state index in [4.69, 9.17) is 4.99 Å². The number of carbonyl (C=O) groups is 1. The molecule has 1 aromatic heterocycles. The molecular formula is C22H30N2O. The van der Waals surface area contributed by atoms with Crippen LogP contribution in [-0.2, 0) is 4.79 Å². The molecular weight excluding hydrogens is 308 g/mol. The molecule has 0 spiro atoms. The molecule has 0 amide bonds. The zero-order chi connectivity index (χ0) is 18.4. The quantitative estimate of drug-likeness (QED) is 0.426. The lowest BCUT2D eigenvalue weighted by Crippen LogP contribution is -2.08. The Bertz CT molecular complexity index is 742. The van der Waals surface area contributed by atoms with E-state index in [1.807, 2.05) is 12.3 Å². The Balaban J connectivity index is 2.08. The number of rotatable bonds is 8. The number of hydrogen-bond donors (Lipinski definition) is 0. The van der Waals surface area contributed by atoms with Crippen LogP contribution in [-0.4, -0.2) is 16.7 Å². The Labute approximate surface area is 151 Å². The van der Waals surface area contributed by atoms with Gasteiger partial charge in [-0.2, -0.15) is 0 Å². The molecule has 2 unspecified atom stereocenters. The summed E-state index contributed by atoms with van der Waals surface area (Å²) in [6, 6.07) is 8.24. The maximum atomic E-state index is 10.8. The van der Waals surface area contributed by atoms with Crippen LogP contribution >= 0.6 is 0 Å². The summed E-state index contributed by atoms with van der Waals surface area (Å²) >= 11 is 0. The molecule has 0 fully saturated rings. The van der Waals surface area contributed by atoms with Crippen molar-refractivity contribution in [2.24, 2.45) is 16.8 Å². The van der Waals surface area contributed by atoms with Gasteiger partial charge < -0.3 is 0 Å². The van der Waals surface area contributed by atoms with E-state index in [1.54, 1.807) is 6.20 Å². The molecule has 1 aromatic carbocycles. The van der Waals surface area contributed by atoms with Crippen LogP contribution in [0.5, 0.6) is 0 Å². The van der Waals surface area contributed by atoms with Gasteiger partial charge >= 0.3 is 0 Å². The molecule has 2 atom stereocenters. The number of aryl methyl sites for hydroxylation is 1. The SMILES string of the molecule is CCC(C)C(C)CC/C(C)=N/c1ccc(-c2ccn(C=O)c2)cc1C. The van der Waals surface area contributed by atoms with Crippen molar-refractivity contribution in [1.82, 2.24) is 4.57 Å². The van der Waals surface area contributed by atoms with Gasteiger partial charge in [0, 0.05) is 18.1 Å². The topological polar surface area (TPSA) is 34.4 Å². The minimum Gasteiger partial charge on any atom is -0.297 e. The van der Waals surface area contributed by atoms with Crippen molar-refractivity contribution in [2.45, 2.75) is 53.9 Å². The fraction of sp³-hybridized carbons (Fsp3) is 0.455. The van der Waals surface area contributed by atoms with Crippen molar-refractivity contribution < 1.29 is 4.79 Å². The van der Waals surface area contributed by atoms with Crippen molar-refractivity contribution in [2.75, 3.05) is 0 Å². The number of carbonyl (C=O) groups excluding carboxylic acids is 1. The molecule has 25 heavy (non-hydrogen) atoms. The number of benzene rings is 1. The normalized spacial score (nSPS) is 14.4. The lowest BCUT2D eigenvalue weighted by Gasteiger charge is -2.17. The van der Waals surface area contributed by atoms with Crippen molar-refractivity contribution in [3.63, 3.8) is 0 Å². The van der Waals surface area contributed by atoms with Crippen molar-refractivity contribution in [3.8, 4) is 11.1 Å². The van der Waals surface area contributed by atoms with Crippen LogP contribution in [0.1, 0.15) is 52.5 Å². The molecule has 0 radical (unpaired) electrons. The van der Waals surface area contributed by atoms with E-state index < -0.39 is 0 Å². The van der Waals surface area contributed by atoms with Crippen molar-refractivity contribution in [3.05, 3.63) is 42.2 Å². The molecule has 0 N–H and O–H groups in total. The summed E-state index contributed by atoms with van der Waals surface area (Å²) in [4.78, 5) is 15.6. The average molecular weight is 338 g/mol. The first-order chi connectivity index (χ1) is 11.9. The van der Waals surface area contributed by atoms with Crippen LogP contribution in [0.4, 0.5) is 5.69 Å². The molecule has 0 saturated carbocycles. The molecule has 134 valence electrons. The third-order valence-corrected chi connectivity index (χ3v) is 5.25. The Kier molecular flexibility index (Phi) is 6.74. The summed E-state index contributed by atoms with van der Waals surface area (Å²) in [5, 5.41) is 0.